The molecule has 1 aliphatic heterocycles. The van der Waals surface area contributed by atoms with Crippen LogP contribution in [0.5, 0.6) is 0 Å². The lowest BCUT2D eigenvalue weighted by Crippen LogP contribution is -2.43. The van der Waals surface area contributed by atoms with Gasteiger partial charge in [-0.05, 0) is 69.1 Å². The molecule has 0 aliphatic carbocycles. The summed E-state index contributed by atoms with van der Waals surface area (Å²) < 4.78 is 0. The second-order valence-electron chi connectivity index (χ2n) is 10.1. The number of nitrogens with zero attached hydrogens (tertiary/aromatic N) is 3. The van der Waals surface area contributed by atoms with Crippen molar-refractivity contribution in [1.29, 1.82) is 0 Å². The van der Waals surface area contributed by atoms with E-state index in [4.69, 9.17) is 0 Å². The minimum Gasteiger partial charge on any atom is -0.390 e. The lowest BCUT2D eigenvalue weighted by atomic mass is 9.74. The summed E-state index contributed by atoms with van der Waals surface area (Å²) in [6.07, 6.45) is 4.17. The van der Waals surface area contributed by atoms with E-state index in [9.17, 15) is 9.90 Å². The average molecular weight is 490 g/mol. The van der Waals surface area contributed by atoms with Gasteiger partial charge < -0.3 is 26.4 Å². The largest absolute Gasteiger partial charge is 0.390 e. The van der Waals surface area contributed by atoms with Gasteiger partial charge in [-0.3, -0.25) is 9.78 Å². The summed E-state index contributed by atoms with van der Waals surface area (Å²) in [6, 6.07) is 9.91. The summed E-state index contributed by atoms with van der Waals surface area (Å²) in [5, 5.41) is 23.4. The maximum atomic E-state index is 12.7. The van der Waals surface area contributed by atoms with Gasteiger partial charge in [-0.1, -0.05) is 19.9 Å². The Hall–Kier alpha value is -3.56. The molecule has 0 saturated carbocycles. The number of aromatic nitrogens is 3. The van der Waals surface area contributed by atoms with Crippen molar-refractivity contribution in [3.8, 4) is 0 Å². The lowest BCUT2D eigenvalue weighted by molar-refractivity contribution is 0.00780. The summed E-state index contributed by atoms with van der Waals surface area (Å²) in [4.78, 5) is 26.3. The Kier molecular flexibility index (Phi) is 7.23. The molecule has 9 heteroatoms. The van der Waals surface area contributed by atoms with E-state index in [2.05, 4.69) is 48.4 Å². The Morgan fingerprint density at radius 2 is 1.83 bits per heavy atom. The van der Waals surface area contributed by atoms with Crippen LogP contribution in [0.4, 0.5) is 23.1 Å². The predicted molar refractivity (Wildman–Crippen MR) is 142 cm³/mol. The number of amides is 1. The first kappa shape index (κ1) is 25.5. The van der Waals surface area contributed by atoms with E-state index in [-0.39, 0.29) is 5.91 Å². The third kappa shape index (κ3) is 5.47. The standard InChI is InChI=1S/C27H35N7O2/c1-6-29-24(35)21-16-31-25(33-19-8-7-18-15-28-11-9-17(18)13-19)34-23(21)32-20-10-12-30-22(14-20)26(2,3)27(4,5)36/h7-8,10,12-14,16,28,36H,6,9,11,15H2,1-5H3,(H,29,35)(H2,30,31,32,33,34). The lowest BCUT2D eigenvalue weighted by Gasteiger charge is -2.36. The fourth-order valence-electron chi connectivity index (χ4n) is 3.94. The number of aliphatic hydroxyl groups is 1. The molecule has 0 radical (unpaired) electrons. The van der Waals surface area contributed by atoms with Crippen LogP contribution in [0, 0.1) is 0 Å². The molecule has 0 bridgehead atoms. The molecule has 4 rings (SSSR count). The topological polar surface area (TPSA) is 124 Å². The normalized spacial score (nSPS) is 13.6. The molecule has 3 aromatic rings. The highest BCUT2D eigenvalue weighted by Crippen LogP contribution is 2.34. The number of carbonyl (C=O) groups excluding carboxylic acids is 1. The van der Waals surface area contributed by atoms with E-state index in [0.29, 0.717) is 29.6 Å². The summed E-state index contributed by atoms with van der Waals surface area (Å²) in [5.41, 5.74) is 3.66. The van der Waals surface area contributed by atoms with Crippen molar-refractivity contribution < 1.29 is 9.90 Å². The minimum atomic E-state index is -0.984. The molecule has 3 heterocycles. The van der Waals surface area contributed by atoms with Crippen LogP contribution >= 0.6 is 0 Å². The highest BCUT2D eigenvalue weighted by atomic mass is 16.3. The molecule has 1 amide bonds. The van der Waals surface area contributed by atoms with Gasteiger partial charge in [0.1, 0.15) is 11.4 Å². The third-order valence-corrected chi connectivity index (χ3v) is 6.91. The molecular formula is C27H35N7O2. The van der Waals surface area contributed by atoms with Crippen molar-refractivity contribution in [1.82, 2.24) is 25.6 Å². The molecule has 9 nitrogen and oxygen atoms in total. The first-order valence-corrected chi connectivity index (χ1v) is 12.3. The van der Waals surface area contributed by atoms with Crippen LogP contribution in [0.25, 0.3) is 0 Å². The van der Waals surface area contributed by atoms with Crippen LogP contribution < -0.4 is 21.3 Å². The Labute approximate surface area is 212 Å². The molecule has 1 aromatic carbocycles. The summed E-state index contributed by atoms with van der Waals surface area (Å²) >= 11 is 0. The quantitative estimate of drug-likeness (QED) is 0.324. The van der Waals surface area contributed by atoms with Gasteiger partial charge in [-0.2, -0.15) is 4.98 Å². The Morgan fingerprint density at radius 1 is 1.06 bits per heavy atom. The number of pyridine rings is 1. The smallest absolute Gasteiger partial charge is 0.256 e. The predicted octanol–water partition coefficient (Wildman–Crippen LogP) is 3.80. The Bertz CT molecular complexity index is 1250. The SMILES string of the molecule is CCNC(=O)c1cnc(Nc2ccc3c(c2)CCNC3)nc1Nc1ccnc(C(C)(C)C(C)(C)O)c1. The van der Waals surface area contributed by atoms with Crippen LogP contribution in [0.1, 0.15) is 61.8 Å². The number of carbonyl (C=O) groups is 1. The van der Waals surface area contributed by atoms with E-state index in [1.807, 2.05) is 32.9 Å². The summed E-state index contributed by atoms with van der Waals surface area (Å²) in [5.74, 6) is 0.489. The molecule has 0 unspecified atom stereocenters. The maximum absolute atomic E-state index is 12.7. The molecule has 0 saturated heterocycles. The van der Waals surface area contributed by atoms with Crippen molar-refractivity contribution in [3.63, 3.8) is 0 Å². The van der Waals surface area contributed by atoms with Crippen LogP contribution in [-0.4, -0.2) is 44.7 Å². The van der Waals surface area contributed by atoms with Gasteiger partial charge >= 0.3 is 0 Å². The second kappa shape index (κ2) is 10.2. The molecular weight excluding hydrogens is 454 g/mol. The molecule has 190 valence electrons. The fraction of sp³-hybridized carbons (Fsp3) is 0.407. The zero-order valence-corrected chi connectivity index (χ0v) is 21.6. The van der Waals surface area contributed by atoms with E-state index in [0.717, 1.165) is 30.9 Å². The van der Waals surface area contributed by atoms with Gasteiger partial charge in [-0.15, -0.1) is 0 Å². The average Bonchev–Trinajstić information content (AvgIpc) is 2.84. The summed E-state index contributed by atoms with van der Waals surface area (Å²) in [6.45, 7) is 11.6. The maximum Gasteiger partial charge on any atom is 0.256 e. The molecule has 0 fully saturated rings. The van der Waals surface area contributed by atoms with Crippen LogP contribution in [0.15, 0.2) is 42.7 Å². The van der Waals surface area contributed by atoms with E-state index in [1.165, 1.54) is 17.3 Å². The van der Waals surface area contributed by atoms with Gasteiger partial charge in [0.25, 0.3) is 5.91 Å². The Morgan fingerprint density at radius 3 is 2.58 bits per heavy atom. The van der Waals surface area contributed by atoms with E-state index in [1.54, 1.807) is 26.1 Å². The summed E-state index contributed by atoms with van der Waals surface area (Å²) in [7, 11) is 0. The third-order valence-electron chi connectivity index (χ3n) is 6.91. The highest BCUT2D eigenvalue weighted by molar-refractivity contribution is 5.99. The van der Waals surface area contributed by atoms with Gasteiger partial charge in [0, 0.05) is 42.3 Å². The zero-order chi connectivity index (χ0) is 25.9. The Balaban J connectivity index is 1.65. The number of hydrogen-bond donors (Lipinski definition) is 5. The van der Waals surface area contributed by atoms with Crippen LogP contribution in [-0.2, 0) is 18.4 Å². The monoisotopic (exact) mass is 489 g/mol. The second-order valence-corrected chi connectivity index (χ2v) is 10.1. The van der Waals surface area contributed by atoms with Crippen LogP contribution in [0.2, 0.25) is 0 Å². The molecule has 0 spiro atoms. The molecule has 0 atom stereocenters. The molecule has 1 aliphatic rings. The number of anilines is 4. The molecule has 2 aromatic heterocycles. The first-order chi connectivity index (χ1) is 17.1. The van der Waals surface area contributed by atoms with Gasteiger partial charge in [0.05, 0.1) is 11.3 Å². The van der Waals surface area contributed by atoms with E-state index < -0.39 is 11.0 Å². The van der Waals surface area contributed by atoms with Crippen molar-refractivity contribution in [2.24, 2.45) is 0 Å². The van der Waals surface area contributed by atoms with Gasteiger partial charge in [0.15, 0.2) is 0 Å². The van der Waals surface area contributed by atoms with Crippen molar-refractivity contribution >= 4 is 29.0 Å². The molecule has 5 N–H and O–H groups in total. The minimum absolute atomic E-state index is 0.265. The van der Waals surface area contributed by atoms with Gasteiger partial charge in [-0.25, -0.2) is 4.98 Å². The molecule has 36 heavy (non-hydrogen) atoms. The van der Waals surface area contributed by atoms with Crippen molar-refractivity contribution in [3.05, 3.63) is 65.1 Å². The number of hydrogen-bond acceptors (Lipinski definition) is 8. The van der Waals surface area contributed by atoms with Gasteiger partial charge in [0.2, 0.25) is 5.95 Å². The number of rotatable bonds is 8. The number of benzene rings is 1. The highest BCUT2D eigenvalue weighted by Gasteiger charge is 2.38. The van der Waals surface area contributed by atoms with Crippen molar-refractivity contribution in [2.75, 3.05) is 23.7 Å². The van der Waals surface area contributed by atoms with Crippen LogP contribution in [0.3, 0.4) is 0 Å². The number of fused-ring (bicyclic) bond motifs is 1. The van der Waals surface area contributed by atoms with Crippen molar-refractivity contribution in [2.45, 2.75) is 58.6 Å². The van der Waals surface area contributed by atoms with E-state index >= 15 is 0 Å². The fourth-order valence-corrected chi connectivity index (χ4v) is 3.94. The first-order valence-electron chi connectivity index (χ1n) is 12.3. The number of nitrogens with one attached hydrogen (secondary N) is 4. The zero-order valence-electron chi connectivity index (χ0n) is 21.6.